The molecule has 0 spiro atoms. The van der Waals surface area contributed by atoms with Crippen LogP contribution in [-0.2, 0) is 4.74 Å². The van der Waals surface area contributed by atoms with Gasteiger partial charge in [-0.2, -0.15) is 0 Å². The number of hydrogen-bond donors (Lipinski definition) is 2. The molecule has 3 aromatic carbocycles. The lowest BCUT2D eigenvalue weighted by Crippen LogP contribution is -2.40. The summed E-state index contributed by atoms with van der Waals surface area (Å²) in [6.45, 7) is 2.30. The molecule has 2 N–H and O–H groups in total. The second-order valence-electron chi connectivity index (χ2n) is 7.72. The van der Waals surface area contributed by atoms with Crippen LogP contribution in [0.15, 0.2) is 78.9 Å². The molecule has 2 unspecified atom stereocenters. The minimum absolute atomic E-state index is 0.0202. The van der Waals surface area contributed by atoms with Crippen molar-refractivity contribution in [2.45, 2.75) is 37.8 Å². The summed E-state index contributed by atoms with van der Waals surface area (Å²) in [6.07, 6.45) is 0.246. The van der Waals surface area contributed by atoms with Gasteiger partial charge in [-0.25, -0.2) is 4.79 Å². The fraction of sp³-hybridized carbons (Fsp3) is 0.269. The standard InChI is InChI=1S/C26H27NO3/c1-2-10-24(25(28)18-11-4-3-5-12-18)27-26(29)30-17-23-21-15-8-6-13-19(21)20-14-7-9-16-22(20)23/h3-9,11-16,23-25,28H,2,10,17H2,1H3,(H,27,29). The molecule has 0 saturated heterocycles. The van der Waals surface area contributed by atoms with E-state index in [4.69, 9.17) is 4.74 Å². The summed E-state index contributed by atoms with van der Waals surface area (Å²) in [6, 6.07) is 25.5. The summed E-state index contributed by atoms with van der Waals surface area (Å²) >= 11 is 0. The molecule has 0 aliphatic heterocycles. The van der Waals surface area contributed by atoms with Crippen molar-refractivity contribution >= 4 is 6.09 Å². The number of aliphatic hydroxyl groups is 1. The van der Waals surface area contributed by atoms with Gasteiger partial charge in [0.05, 0.1) is 12.1 Å². The van der Waals surface area contributed by atoms with Crippen molar-refractivity contribution in [3.8, 4) is 11.1 Å². The van der Waals surface area contributed by atoms with Crippen molar-refractivity contribution in [3.05, 3.63) is 95.6 Å². The van der Waals surface area contributed by atoms with E-state index in [0.717, 1.165) is 12.0 Å². The Hall–Kier alpha value is -3.11. The van der Waals surface area contributed by atoms with E-state index in [-0.39, 0.29) is 12.5 Å². The van der Waals surface area contributed by atoms with Crippen molar-refractivity contribution < 1.29 is 14.6 Å². The van der Waals surface area contributed by atoms with Crippen LogP contribution in [0.3, 0.4) is 0 Å². The van der Waals surface area contributed by atoms with Gasteiger partial charge in [0, 0.05) is 5.92 Å². The molecule has 154 valence electrons. The predicted molar refractivity (Wildman–Crippen MR) is 118 cm³/mol. The second kappa shape index (κ2) is 9.14. The highest BCUT2D eigenvalue weighted by Crippen LogP contribution is 2.44. The van der Waals surface area contributed by atoms with Crippen LogP contribution >= 0.6 is 0 Å². The van der Waals surface area contributed by atoms with Gasteiger partial charge < -0.3 is 15.2 Å². The van der Waals surface area contributed by atoms with E-state index < -0.39 is 18.2 Å². The minimum Gasteiger partial charge on any atom is -0.449 e. The SMILES string of the molecule is CCCC(NC(=O)OCC1c2ccccc2-c2ccccc21)C(O)c1ccccc1. The molecule has 1 aliphatic rings. The van der Waals surface area contributed by atoms with Crippen molar-refractivity contribution in [2.75, 3.05) is 6.61 Å². The van der Waals surface area contributed by atoms with E-state index in [1.54, 1.807) is 0 Å². The van der Waals surface area contributed by atoms with E-state index in [0.29, 0.717) is 6.42 Å². The first kappa shape index (κ1) is 20.2. The number of carbonyl (C=O) groups is 1. The van der Waals surface area contributed by atoms with Crippen LogP contribution in [-0.4, -0.2) is 23.8 Å². The Balaban J connectivity index is 1.44. The Labute approximate surface area is 177 Å². The minimum atomic E-state index is -0.772. The van der Waals surface area contributed by atoms with Gasteiger partial charge in [-0.1, -0.05) is 92.2 Å². The predicted octanol–water partition coefficient (Wildman–Crippen LogP) is 5.43. The monoisotopic (exact) mass is 401 g/mol. The molecular formula is C26H27NO3. The zero-order valence-corrected chi connectivity index (χ0v) is 17.1. The fourth-order valence-corrected chi connectivity index (χ4v) is 4.29. The number of hydrogen-bond acceptors (Lipinski definition) is 3. The van der Waals surface area contributed by atoms with E-state index in [1.807, 2.05) is 61.5 Å². The Kier molecular flexibility index (Phi) is 6.15. The number of benzene rings is 3. The largest absolute Gasteiger partial charge is 0.449 e. The van der Waals surface area contributed by atoms with Crippen molar-refractivity contribution in [1.82, 2.24) is 5.32 Å². The van der Waals surface area contributed by atoms with Gasteiger partial charge >= 0.3 is 6.09 Å². The number of ether oxygens (including phenoxy) is 1. The summed E-state index contributed by atoms with van der Waals surface area (Å²) in [5.74, 6) is 0.0202. The zero-order chi connectivity index (χ0) is 20.9. The Morgan fingerprint density at radius 1 is 0.933 bits per heavy atom. The highest BCUT2D eigenvalue weighted by molar-refractivity contribution is 5.79. The molecule has 0 heterocycles. The van der Waals surface area contributed by atoms with Gasteiger partial charge in [0.2, 0.25) is 0 Å². The van der Waals surface area contributed by atoms with Gasteiger partial charge in [0.15, 0.2) is 0 Å². The fourth-order valence-electron chi connectivity index (χ4n) is 4.29. The Morgan fingerprint density at radius 3 is 2.10 bits per heavy atom. The number of carbonyl (C=O) groups excluding carboxylic acids is 1. The third kappa shape index (κ3) is 4.10. The van der Waals surface area contributed by atoms with Crippen LogP contribution < -0.4 is 5.32 Å². The summed E-state index contributed by atoms with van der Waals surface area (Å²) in [5, 5.41) is 13.6. The maximum atomic E-state index is 12.6. The number of alkyl carbamates (subject to hydrolysis) is 1. The van der Waals surface area contributed by atoms with Gasteiger partial charge in [0.1, 0.15) is 6.61 Å². The van der Waals surface area contributed by atoms with Crippen LogP contribution in [0, 0.1) is 0 Å². The van der Waals surface area contributed by atoms with Crippen LogP contribution in [0.1, 0.15) is 48.5 Å². The highest BCUT2D eigenvalue weighted by atomic mass is 16.5. The number of amides is 1. The zero-order valence-electron chi connectivity index (χ0n) is 17.1. The third-order valence-electron chi connectivity index (χ3n) is 5.77. The summed E-state index contributed by atoms with van der Waals surface area (Å²) in [5.41, 5.74) is 5.55. The van der Waals surface area contributed by atoms with Crippen LogP contribution in [0.2, 0.25) is 0 Å². The maximum Gasteiger partial charge on any atom is 0.407 e. The molecule has 30 heavy (non-hydrogen) atoms. The maximum absolute atomic E-state index is 12.6. The topological polar surface area (TPSA) is 58.6 Å². The summed E-state index contributed by atoms with van der Waals surface area (Å²) in [4.78, 5) is 12.6. The summed E-state index contributed by atoms with van der Waals surface area (Å²) < 4.78 is 5.64. The molecule has 0 saturated carbocycles. The average molecular weight is 402 g/mol. The molecule has 0 bridgehead atoms. The lowest BCUT2D eigenvalue weighted by molar-refractivity contribution is 0.100. The smallest absolute Gasteiger partial charge is 0.407 e. The lowest BCUT2D eigenvalue weighted by atomic mass is 9.98. The van der Waals surface area contributed by atoms with Crippen LogP contribution in [0.25, 0.3) is 11.1 Å². The van der Waals surface area contributed by atoms with E-state index >= 15 is 0 Å². The lowest BCUT2D eigenvalue weighted by Gasteiger charge is -2.24. The highest BCUT2D eigenvalue weighted by Gasteiger charge is 2.29. The number of nitrogens with one attached hydrogen (secondary N) is 1. The molecule has 3 aromatic rings. The van der Waals surface area contributed by atoms with Crippen molar-refractivity contribution in [3.63, 3.8) is 0 Å². The molecular weight excluding hydrogens is 374 g/mol. The first-order valence-electron chi connectivity index (χ1n) is 10.5. The van der Waals surface area contributed by atoms with E-state index in [9.17, 15) is 9.90 Å². The molecule has 0 fully saturated rings. The van der Waals surface area contributed by atoms with Crippen molar-refractivity contribution in [2.24, 2.45) is 0 Å². The molecule has 0 radical (unpaired) electrons. The van der Waals surface area contributed by atoms with Gasteiger partial charge in [-0.05, 0) is 34.2 Å². The molecule has 2 atom stereocenters. The molecule has 1 amide bonds. The second-order valence-corrected chi connectivity index (χ2v) is 7.72. The van der Waals surface area contributed by atoms with E-state index in [2.05, 4.69) is 29.6 Å². The quantitative estimate of drug-likeness (QED) is 0.555. The average Bonchev–Trinajstić information content (AvgIpc) is 3.11. The normalized spacial score (nSPS) is 14.5. The molecule has 1 aliphatic carbocycles. The number of fused-ring (bicyclic) bond motifs is 3. The first-order valence-corrected chi connectivity index (χ1v) is 10.5. The number of aliphatic hydroxyl groups excluding tert-OH is 1. The molecule has 4 rings (SSSR count). The third-order valence-corrected chi connectivity index (χ3v) is 5.77. The van der Waals surface area contributed by atoms with Gasteiger partial charge in [-0.15, -0.1) is 0 Å². The number of rotatable bonds is 7. The summed E-state index contributed by atoms with van der Waals surface area (Å²) in [7, 11) is 0. The van der Waals surface area contributed by atoms with Crippen LogP contribution in [0.4, 0.5) is 4.79 Å². The Morgan fingerprint density at radius 2 is 1.50 bits per heavy atom. The van der Waals surface area contributed by atoms with Crippen molar-refractivity contribution in [1.29, 1.82) is 0 Å². The van der Waals surface area contributed by atoms with Gasteiger partial charge in [-0.3, -0.25) is 0 Å². The molecule has 0 aromatic heterocycles. The molecule has 4 nitrogen and oxygen atoms in total. The first-order chi connectivity index (χ1) is 14.7. The van der Waals surface area contributed by atoms with Gasteiger partial charge in [0.25, 0.3) is 0 Å². The molecule has 4 heteroatoms. The van der Waals surface area contributed by atoms with E-state index in [1.165, 1.54) is 22.3 Å². The Bertz CT molecular complexity index is 956. The van der Waals surface area contributed by atoms with Crippen LogP contribution in [0.5, 0.6) is 0 Å².